The van der Waals surface area contributed by atoms with E-state index in [0.29, 0.717) is 16.7 Å². The molecule has 0 saturated carbocycles. The van der Waals surface area contributed by atoms with Crippen molar-refractivity contribution in [2.45, 2.75) is 26.8 Å². The smallest absolute Gasteiger partial charge is 0.326 e. The van der Waals surface area contributed by atoms with Gasteiger partial charge in [0.25, 0.3) is 5.89 Å². The van der Waals surface area contributed by atoms with Gasteiger partial charge in [-0.1, -0.05) is 41.0 Å². The minimum Gasteiger partial charge on any atom is -0.334 e. The molecule has 6 nitrogen and oxygen atoms in total. The highest BCUT2D eigenvalue weighted by atomic mass is 35.5. The number of urea groups is 1. The summed E-state index contributed by atoms with van der Waals surface area (Å²) < 4.78 is 5.72. The number of amides is 2. The van der Waals surface area contributed by atoms with E-state index in [2.05, 4.69) is 15.5 Å². The van der Waals surface area contributed by atoms with Gasteiger partial charge in [-0.3, -0.25) is 4.90 Å². The van der Waals surface area contributed by atoms with Gasteiger partial charge in [-0.15, -0.1) is 11.3 Å². The molecule has 2 aromatic carbocycles. The Morgan fingerprint density at radius 3 is 2.55 bits per heavy atom. The van der Waals surface area contributed by atoms with E-state index in [1.165, 1.54) is 0 Å². The molecule has 0 radical (unpaired) electrons. The molecule has 1 aliphatic rings. The molecule has 0 spiro atoms. The van der Waals surface area contributed by atoms with Crippen molar-refractivity contribution in [3.8, 4) is 10.7 Å². The predicted molar refractivity (Wildman–Crippen MR) is 131 cm³/mol. The van der Waals surface area contributed by atoms with Crippen molar-refractivity contribution < 1.29 is 9.32 Å². The number of hydrogen-bond donors (Lipinski definition) is 1. The summed E-state index contributed by atoms with van der Waals surface area (Å²) in [5, 5.41) is 9.90. The number of aryl methyl sites for hydroxylation is 2. The van der Waals surface area contributed by atoms with Crippen molar-refractivity contribution >= 4 is 40.2 Å². The van der Waals surface area contributed by atoms with E-state index in [1.807, 2.05) is 68.6 Å². The predicted octanol–water partition coefficient (Wildman–Crippen LogP) is 6.77. The number of anilines is 1. The molecule has 0 bridgehead atoms. The largest absolute Gasteiger partial charge is 0.334 e. The van der Waals surface area contributed by atoms with Crippen LogP contribution in [0, 0.1) is 13.8 Å². The molecule has 4 aromatic rings. The fraction of sp³-hybridized carbons (Fsp3) is 0.160. The van der Waals surface area contributed by atoms with Crippen LogP contribution in [0.4, 0.5) is 10.5 Å². The summed E-state index contributed by atoms with van der Waals surface area (Å²) in [5.74, 6) is 0.884. The number of carbonyl (C=O) groups excluding carboxylic acids is 1. The van der Waals surface area contributed by atoms with Crippen molar-refractivity contribution in [3.63, 3.8) is 0 Å². The molecule has 1 N–H and O–H groups in total. The first-order chi connectivity index (χ1) is 15.9. The van der Waals surface area contributed by atoms with Crippen molar-refractivity contribution in [3.05, 3.63) is 93.3 Å². The van der Waals surface area contributed by atoms with Crippen LogP contribution in [-0.4, -0.2) is 16.2 Å². The van der Waals surface area contributed by atoms with Crippen molar-refractivity contribution in [2.75, 3.05) is 4.90 Å². The number of allylic oxidation sites excluding steroid dienone is 1. The van der Waals surface area contributed by atoms with Gasteiger partial charge in [0.1, 0.15) is 0 Å². The highest BCUT2D eigenvalue weighted by Gasteiger charge is 2.36. The molecule has 0 fully saturated rings. The first-order valence-corrected chi connectivity index (χ1v) is 11.7. The third-order valence-electron chi connectivity index (χ3n) is 5.83. The summed E-state index contributed by atoms with van der Waals surface area (Å²) in [6.45, 7) is 5.98. The monoisotopic (exact) mass is 476 g/mol. The number of carbonyl (C=O) groups is 1. The SMILES string of the molecule is CC1=C(c2nc(-c3cccs3)no2)C(c2ccc(Cl)cc2)NC(=O)N1c1ccc(C)c(C)c1. The van der Waals surface area contributed by atoms with Gasteiger partial charge in [0.15, 0.2) is 0 Å². The zero-order valence-corrected chi connectivity index (χ0v) is 19.9. The molecule has 33 heavy (non-hydrogen) atoms. The molecule has 2 amide bonds. The number of rotatable bonds is 4. The third kappa shape index (κ3) is 3.94. The van der Waals surface area contributed by atoms with Gasteiger partial charge in [-0.2, -0.15) is 4.98 Å². The minimum atomic E-state index is -0.464. The van der Waals surface area contributed by atoms with Gasteiger partial charge in [0, 0.05) is 10.7 Å². The van der Waals surface area contributed by atoms with Gasteiger partial charge in [-0.25, -0.2) is 4.79 Å². The highest BCUT2D eigenvalue weighted by Crippen LogP contribution is 2.39. The molecule has 1 unspecified atom stereocenters. The van der Waals surface area contributed by atoms with Crippen LogP contribution >= 0.6 is 22.9 Å². The molecule has 1 atom stereocenters. The number of aromatic nitrogens is 2. The summed E-state index contributed by atoms with van der Waals surface area (Å²) in [6, 6.07) is 16.5. The first kappa shape index (κ1) is 21.4. The first-order valence-electron chi connectivity index (χ1n) is 10.4. The van der Waals surface area contributed by atoms with Gasteiger partial charge in [-0.05, 0) is 73.2 Å². The van der Waals surface area contributed by atoms with Crippen LogP contribution in [0.5, 0.6) is 0 Å². The molecular formula is C25H21ClN4O2S. The molecule has 0 saturated heterocycles. The highest BCUT2D eigenvalue weighted by molar-refractivity contribution is 7.13. The summed E-state index contributed by atoms with van der Waals surface area (Å²) in [7, 11) is 0. The van der Waals surface area contributed by atoms with E-state index in [9.17, 15) is 4.79 Å². The number of nitrogens with one attached hydrogen (secondary N) is 1. The van der Waals surface area contributed by atoms with Crippen molar-refractivity contribution in [1.29, 1.82) is 0 Å². The molecular weight excluding hydrogens is 456 g/mol. The summed E-state index contributed by atoms with van der Waals surface area (Å²) >= 11 is 7.65. The molecule has 8 heteroatoms. The fourth-order valence-corrected chi connectivity index (χ4v) is 4.71. The summed E-state index contributed by atoms with van der Waals surface area (Å²) in [6.07, 6.45) is 0. The maximum Gasteiger partial charge on any atom is 0.326 e. The Hall–Kier alpha value is -3.42. The van der Waals surface area contributed by atoms with Gasteiger partial charge in [0.2, 0.25) is 5.82 Å². The number of hydrogen-bond acceptors (Lipinski definition) is 5. The van der Waals surface area contributed by atoms with Crippen LogP contribution in [0.15, 0.2) is 70.2 Å². The van der Waals surface area contributed by atoms with E-state index in [4.69, 9.17) is 16.1 Å². The molecule has 3 heterocycles. The maximum atomic E-state index is 13.3. The van der Waals surface area contributed by atoms with Crippen molar-refractivity contribution in [1.82, 2.24) is 15.5 Å². The Kier molecular flexibility index (Phi) is 5.52. The standard InChI is InChI=1S/C25H21ClN4O2S/c1-14-6-11-19(13-15(14)2)30-16(3)21(24-28-23(29-32-24)20-5-4-12-33-20)22(27-25(30)31)17-7-9-18(26)10-8-17/h4-13,22H,1-3H3,(H,27,31). The molecule has 5 rings (SSSR count). The minimum absolute atomic E-state index is 0.225. The lowest BCUT2D eigenvalue weighted by molar-refractivity contribution is 0.244. The zero-order chi connectivity index (χ0) is 23.1. The lowest BCUT2D eigenvalue weighted by Crippen LogP contribution is -2.46. The quantitative estimate of drug-likeness (QED) is 0.352. The maximum absolute atomic E-state index is 13.3. The normalized spacial score (nSPS) is 16.3. The Morgan fingerprint density at radius 1 is 1.06 bits per heavy atom. The lowest BCUT2D eigenvalue weighted by atomic mass is 9.94. The summed E-state index contributed by atoms with van der Waals surface area (Å²) in [4.78, 5) is 20.6. The lowest BCUT2D eigenvalue weighted by Gasteiger charge is -2.35. The van der Waals surface area contributed by atoms with E-state index < -0.39 is 6.04 Å². The molecule has 0 aliphatic carbocycles. The number of thiophene rings is 1. The second-order valence-electron chi connectivity index (χ2n) is 7.94. The van der Waals surface area contributed by atoms with Crippen LogP contribution in [0.3, 0.4) is 0 Å². The Morgan fingerprint density at radius 2 is 1.85 bits per heavy atom. The van der Waals surface area contributed by atoms with E-state index in [-0.39, 0.29) is 6.03 Å². The molecule has 2 aromatic heterocycles. The van der Waals surface area contributed by atoms with Gasteiger partial charge in [0.05, 0.1) is 22.2 Å². The number of halogens is 1. The van der Waals surface area contributed by atoms with Gasteiger partial charge < -0.3 is 9.84 Å². The average Bonchev–Trinajstić information content (AvgIpc) is 3.48. The van der Waals surface area contributed by atoms with E-state index in [1.54, 1.807) is 28.4 Å². The van der Waals surface area contributed by atoms with Crippen LogP contribution in [-0.2, 0) is 0 Å². The fourth-order valence-electron chi connectivity index (χ4n) is 3.94. The zero-order valence-electron chi connectivity index (χ0n) is 18.3. The van der Waals surface area contributed by atoms with Crippen LogP contribution < -0.4 is 10.2 Å². The second kappa shape index (κ2) is 8.50. The molecule has 166 valence electrons. The Bertz CT molecular complexity index is 1360. The topological polar surface area (TPSA) is 71.3 Å². The Labute approximate surface area is 200 Å². The average molecular weight is 477 g/mol. The second-order valence-corrected chi connectivity index (χ2v) is 9.32. The van der Waals surface area contributed by atoms with Crippen LogP contribution in [0.2, 0.25) is 5.02 Å². The van der Waals surface area contributed by atoms with E-state index >= 15 is 0 Å². The number of benzene rings is 2. The number of nitrogens with zero attached hydrogens (tertiary/aromatic N) is 3. The van der Waals surface area contributed by atoms with Crippen molar-refractivity contribution in [2.24, 2.45) is 0 Å². The molecule has 1 aliphatic heterocycles. The van der Waals surface area contributed by atoms with Crippen LogP contribution in [0.1, 0.15) is 35.5 Å². The van der Waals surface area contributed by atoms with E-state index in [0.717, 1.165) is 38.5 Å². The van der Waals surface area contributed by atoms with Crippen LogP contribution in [0.25, 0.3) is 16.3 Å². The Balaban J connectivity index is 1.67. The third-order valence-corrected chi connectivity index (χ3v) is 6.95. The summed E-state index contributed by atoms with van der Waals surface area (Å²) in [5.41, 5.74) is 5.38. The van der Waals surface area contributed by atoms with Gasteiger partial charge >= 0.3 is 6.03 Å².